The van der Waals surface area contributed by atoms with Crippen LogP contribution in [0.15, 0.2) is 29.3 Å². The molecule has 5 nitrogen and oxygen atoms in total. The van der Waals surface area contributed by atoms with Gasteiger partial charge in [-0.05, 0) is 45.2 Å². The first-order valence-corrected chi connectivity index (χ1v) is 11.0. The third-order valence-electron chi connectivity index (χ3n) is 4.76. The second-order valence-corrected chi connectivity index (χ2v) is 9.00. The molecule has 0 spiro atoms. The molecule has 2 rings (SSSR count). The number of nitrogens with zero attached hydrogens (tertiary/aromatic N) is 1. The second kappa shape index (κ2) is 10.6. The standard InChI is InChI=1S/C20H33N3O2S/c1-5-26(24)19-8-6-7-17(13-19)23-20(21-4)22-14-16(3)25-18-11-9-15(2)10-12-18/h9-12,16-17,19H,5-8,13-14H2,1-4H3,(H2,21,22,23). The smallest absolute Gasteiger partial charge is 0.191 e. The maximum absolute atomic E-state index is 12.1. The van der Waals surface area contributed by atoms with Gasteiger partial charge in [0, 0.05) is 34.9 Å². The molecule has 1 saturated carbocycles. The van der Waals surface area contributed by atoms with Crippen LogP contribution < -0.4 is 15.4 Å². The lowest BCUT2D eigenvalue weighted by atomic mass is 9.95. The zero-order valence-corrected chi connectivity index (χ0v) is 17.3. The number of hydrogen-bond donors (Lipinski definition) is 2. The lowest BCUT2D eigenvalue weighted by Crippen LogP contribution is -2.48. The maximum atomic E-state index is 12.1. The Labute approximate surface area is 160 Å². The highest BCUT2D eigenvalue weighted by atomic mass is 32.2. The number of benzene rings is 1. The molecule has 2 N–H and O–H groups in total. The quantitative estimate of drug-likeness (QED) is 0.565. The van der Waals surface area contributed by atoms with Crippen molar-refractivity contribution < 1.29 is 8.95 Å². The molecule has 1 aromatic carbocycles. The lowest BCUT2D eigenvalue weighted by Gasteiger charge is -2.30. The summed E-state index contributed by atoms with van der Waals surface area (Å²) in [6.07, 6.45) is 4.29. The first kappa shape index (κ1) is 20.7. The molecule has 1 fully saturated rings. The molecule has 0 aliphatic heterocycles. The van der Waals surface area contributed by atoms with E-state index in [0.29, 0.717) is 17.8 Å². The van der Waals surface area contributed by atoms with E-state index in [-0.39, 0.29) is 6.10 Å². The van der Waals surface area contributed by atoms with Crippen LogP contribution in [0.2, 0.25) is 0 Å². The van der Waals surface area contributed by atoms with Crippen LogP contribution in [-0.2, 0) is 10.8 Å². The van der Waals surface area contributed by atoms with Gasteiger partial charge in [-0.3, -0.25) is 9.20 Å². The van der Waals surface area contributed by atoms with Crippen LogP contribution in [0.4, 0.5) is 0 Å². The summed E-state index contributed by atoms with van der Waals surface area (Å²) in [6.45, 7) is 6.78. The number of nitrogens with one attached hydrogen (secondary N) is 2. The zero-order valence-electron chi connectivity index (χ0n) is 16.5. The van der Waals surface area contributed by atoms with Gasteiger partial charge in [-0.2, -0.15) is 0 Å². The van der Waals surface area contributed by atoms with Gasteiger partial charge in [-0.1, -0.05) is 31.0 Å². The summed E-state index contributed by atoms with van der Waals surface area (Å²) < 4.78 is 18.0. The molecule has 0 saturated heterocycles. The first-order valence-electron chi connectivity index (χ1n) is 9.59. The first-order chi connectivity index (χ1) is 12.5. The van der Waals surface area contributed by atoms with Gasteiger partial charge in [0.2, 0.25) is 0 Å². The van der Waals surface area contributed by atoms with Gasteiger partial charge in [-0.25, -0.2) is 0 Å². The van der Waals surface area contributed by atoms with Crippen molar-refractivity contribution in [3.8, 4) is 5.75 Å². The fourth-order valence-electron chi connectivity index (χ4n) is 3.27. The number of ether oxygens (including phenoxy) is 1. The van der Waals surface area contributed by atoms with Gasteiger partial charge in [0.25, 0.3) is 0 Å². The van der Waals surface area contributed by atoms with Crippen molar-refractivity contribution in [2.75, 3.05) is 19.3 Å². The van der Waals surface area contributed by atoms with Gasteiger partial charge in [0.1, 0.15) is 11.9 Å². The third kappa shape index (κ3) is 6.63. The van der Waals surface area contributed by atoms with Gasteiger partial charge in [0.05, 0.1) is 6.54 Å². The van der Waals surface area contributed by atoms with E-state index in [1.165, 1.54) is 5.56 Å². The highest BCUT2D eigenvalue weighted by Crippen LogP contribution is 2.23. The normalized spacial score (nSPS) is 23.2. The van der Waals surface area contributed by atoms with E-state index in [9.17, 15) is 4.21 Å². The van der Waals surface area contributed by atoms with Crippen LogP contribution in [-0.4, -0.2) is 46.9 Å². The topological polar surface area (TPSA) is 62.7 Å². The minimum absolute atomic E-state index is 0.0305. The number of rotatable bonds is 7. The molecule has 0 heterocycles. The summed E-state index contributed by atoms with van der Waals surface area (Å²) in [6, 6.07) is 8.43. The molecule has 4 unspecified atom stereocenters. The minimum Gasteiger partial charge on any atom is -0.489 e. The molecule has 6 heteroatoms. The molecule has 26 heavy (non-hydrogen) atoms. The number of guanidine groups is 1. The molecule has 0 radical (unpaired) electrons. The van der Waals surface area contributed by atoms with Crippen molar-refractivity contribution in [2.45, 2.75) is 63.9 Å². The van der Waals surface area contributed by atoms with E-state index in [1.54, 1.807) is 7.05 Å². The Balaban J connectivity index is 1.78. The fraction of sp³-hybridized carbons (Fsp3) is 0.650. The molecular formula is C20H33N3O2S. The zero-order chi connectivity index (χ0) is 18.9. The van der Waals surface area contributed by atoms with E-state index in [0.717, 1.165) is 43.1 Å². The Morgan fingerprint density at radius 3 is 2.73 bits per heavy atom. The number of aryl methyl sites for hydroxylation is 1. The van der Waals surface area contributed by atoms with Crippen LogP contribution in [0.5, 0.6) is 5.75 Å². The van der Waals surface area contributed by atoms with Gasteiger partial charge in [-0.15, -0.1) is 0 Å². The average Bonchev–Trinajstić information content (AvgIpc) is 2.66. The summed E-state index contributed by atoms with van der Waals surface area (Å²) >= 11 is 0. The van der Waals surface area contributed by atoms with Crippen molar-refractivity contribution in [3.63, 3.8) is 0 Å². The predicted molar refractivity (Wildman–Crippen MR) is 110 cm³/mol. The van der Waals surface area contributed by atoms with Crippen molar-refractivity contribution in [3.05, 3.63) is 29.8 Å². The minimum atomic E-state index is -0.707. The SMILES string of the molecule is CCS(=O)C1CCCC(NC(=NC)NCC(C)Oc2ccc(C)cc2)C1. The average molecular weight is 380 g/mol. The van der Waals surface area contributed by atoms with E-state index < -0.39 is 10.8 Å². The Morgan fingerprint density at radius 2 is 2.08 bits per heavy atom. The van der Waals surface area contributed by atoms with Crippen molar-refractivity contribution >= 4 is 16.8 Å². The van der Waals surface area contributed by atoms with Crippen LogP contribution in [0.1, 0.15) is 45.1 Å². The summed E-state index contributed by atoms with van der Waals surface area (Å²) in [5.41, 5.74) is 1.22. The van der Waals surface area contributed by atoms with Crippen LogP contribution >= 0.6 is 0 Å². The summed E-state index contributed by atoms with van der Waals surface area (Å²) in [7, 11) is 1.08. The molecule has 146 valence electrons. The molecule has 1 aliphatic carbocycles. The Morgan fingerprint density at radius 1 is 1.35 bits per heavy atom. The Kier molecular flexibility index (Phi) is 8.42. The lowest BCUT2D eigenvalue weighted by molar-refractivity contribution is 0.223. The fourth-order valence-corrected chi connectivity index (χ4v) is 4.62. The van der Waals surface area contributed by atoms with Crippen LogP contribution in [0.25, 0.3) is 0 Å². The molecule has 1 aromatic rings. The van der Waals surface area contributed by atoms with Gasteiger partial charge >= 0.3 is 0 Å². The Hall–Kier alpha value is -1.56. The maximum Gasteiger partial charge on any atom is 0.191 e. The van der Waals surface area contributed by atoms with Crippen molar-refractivity contribution in [1.82, 2.24) is 10.6 Å². The van der Waals surface area contributed by atoms with Crippen molar-refractivity contribution in [1.29, 1.82) is 0 Å². The van der Waals surface area contributed by atoms with Crippen LogP contribution in [0.3, 0.4) is 0 Å². The summed E-state index contributed by atoms with van der Waals surface area (Å²) in [4.78, 5) is 4.33. The highest BCUT2D eigenvalue weighted by Gasteiger charge is 2.26. The molecule has 0 bridgehead atoms. The van der Waals surface area contributed by atoms with Gasteiger partial charge < -0.3 is 15.4 Å². The monoisotopic (exact) mass is 379 g/mol. The van der Waals surface area contributed by atoms with E-state index in [2.05, 4.69) is 34.7 Å². The van der Waals surface area contributed by atoms with E-state index >= 15 is 0 Å². The van der Waals surface area contributed by atoms with Gasteiger partial charge in [0.15, 0.2) is 5.96 Å². The van der Waals surface area contributed by atoms with Crippen LogP contribution in [0, 0.1) is 6.92 Å². The summed E-state index contributed by atoms with van der Waals surface area (Å²) in [5, 5.41) is 7.15. The highest BCUT2D eigenvalue weighted by molar-refractivity contribution is 7.85. The number of hydrogen-bond acceptors (Lipinski definition) is 3. The molecule has 0 amide bonds. The van der Waals surface area contributed by atoms with Crippen molar-refractivity contribution in [2.24, 2.45) is 4.99 Å². The largest absolute Gasteiger partial charge is 0.489 e. The molecule has 0 aromatic heterocycles. The Bertz CT molecular complexity index is 604. The second-order valence-electron chi connectivity index (χ2n) is 6.99. The van der Waals surface area contributed by atoms with E-state index in [4.69, 9.17) is 4.74 Å². The summed E-state index contributed by atoms with van der Waals surface area (Å²) in [5.74, 6) is 2.42. The third-order valence-corrected chi connectivity index (χ3v) is 6.50. The number of aliphatic imine (C=N–C) groups is 1. The molecule has 1 aliphatic rings. The molecular weight excluding hydrogens is 346 g/mol. The predicted octanol–water partition coefficient (Wildman–Crippen LogP) is 3.01. The molecule has 4 atom stereocenters. The van der Waals surface area contributed by atoms with E-state index in [1.807, 2.05) is 26.0 Å².